The molecule has 0 aliphatic rings. The quantitative estimate of drug-likeness (QED) is 0.533. The van der Waals surface area contributed by atoms with Crippen molar-refractivity contribution < 1.29 is 19.1 Å². The van der Waals surface area contributed by atoms with Crippen LogP contribution >= 0.6 is 11.5 Å². The molecule has 0 unspecified atom stereocenters. The number of nitrogens with zero attached hydrogens (tertiary/aromatic N) is 2. The topological polar surface area (TPSA) is 122 Å². The van der Waals surface area contributed by atoms with E-state index in [1.54, 1.807) is 55.5 Å². The van der Waals surface area contributed by atoms with Crippen LogP contribution < -0.4 is 16.0 Å². The number of carbonyl (C=O) groups is 3. The molecule has 148 valence electrons. The number of hydrogen-bond acceptors (Lipinski definition) is 7. The molecule has 0 atom stereocenters. The lowest BCUT2D eigenvalue weighted by Crippen LogP contribution is -2.21. The minimum atomic E-state index is -0.544. The molecule has 1 aromatic heterocycles. The third kappa shape index (κ3) is 5.36. The van der Waals surface area contributed by atoms with E-state index in [0.717, 1.165) is 11.5 Å². The lowest BCUT2D eigenvalue weighted by molar-refractivity contribution is 0.0526. The van der Waals surface area contributed by atoms with Gasteiger partial charge in [-0.1, -0.05) is 22.7 Å². The van der Waals surface area contributed by atoms with Crippen LogP contribution in [0.1, 0.15) is 27.8 Å². The Morgan fingerprint density at radius 2 is 1.62 bits per heavy atom. The maximum Gasteiger partial charge on any atom is 0.338 e. The van der Waals surface area contributed by atoms with Crippen LogP contribution in [0.25, 0.3) is 0 Å². The van der Waals surface area contributed by atoms with E-state index in [0.29, 0.717) is 16.9 Å². The van der Waals surface area contributed by atoms with Crippen LogP contribution in [0, 0.1) is 0 Å². The normalized spacial score (nSPS) is 10.1. The first-order valence-electron chi connectivity index (χ1n) is 8.60. The summed E-state index contributed by atoms with van der Waals surface area (Å²) in [6.07, 6.45) is 0. The van der Waals surface area contributed by atoms with Gasteiger partial charge in [0.15, 0.2) is 10.7 Å². The maximum absolute atomic E-state index is 12.5. The molecule has 2 aromatic carbocycles. The number of nitrogens with one attached hydrogen (secondary N) is 3. The molecule has 0 saturated heterocycles. The van der Waals surface area contributed by atoms with E-state index in [4.69, 9.17) is 4.74 Å². The Balaban J connectivity index is 1.63. The molecule has 3 aromatic rings. The second kappa shape index (κ2) is 9.42. The number of ether oxygens (including phenoxy) is 1. The van der Waals surface area contributed by atoms with Gasteiger partial charge in [0.2, 0.25) is 0 Å². The number of hydrogen-bond donors (Lipinski definition) is 3. The van der Waals surface area contributed by atoms with Gasteiger partial charge >= 0.3 is 12.0 Å². The summed E-state index contributed by atoms with van der Waals surface area (Å²) < 4.78 is 8.64. The molecule has 0 radical (unpaired) electrons. The molecule has 0 aliphatic carbocycles. The zero-order valence-corrected chi connectivity index (χ0v) is 16.2. The molecular weight excluding hydrogens is 394 g/mol. The number of aromatic nitrogens is 2. The predicted octanol–water partition coefficient (Wildman–Crippen LogP) is 3.61. The van der Waals surface area contributed by atoms with Gasteiger partial charge in [-0.2, -0.15) is 0 Å². The fourth-order valence-corrected chi connectivity index (χ4v) is 2.87. The van der Waals surface area contributed by atoms with Crippen molar-refractivity contribution in [3.63, 3.8) is 0 Å². The number of anilines is 3. The van der Waals surface area contributed by atoms with Crippen molar-refractivity contribution in [2.75, 3.05) is 22.6 Å². The monoisotopic (exact) mass is 411 g/mol. The molecule has 3 rings (SSSR count). The third-order valence-corrected chi connectivity index (χ3v) is 4.26. The minimum absolute atomic E-state index is 0.0207. The summed E-state index contributed by atoms with van der Waals surface area (Å²) in [6.45, 7) is 2.00. The van der Waals surface area contributed by atoms with E-state index in [1.165, 1.54) is 0 Å². The molecule has 0 spiro atoms. The van der Waals surface area contributed by atoms with E-state index < -0.39 is 17.9 Å². The van der Waals surface area contributed by atoms with Crippen molar-refractivity contribution in [1.82, 2.24) is 9.59 Å². The number of amides is 3. The zero-order valence-electron chi connectivity index (χ0n) is 15.3. The van der Waals surface area contributed by atoms with E-state index >= 15 is 0 Å². The first-order valence-corrected chi connectivity index (χ1v) is 9.38. The molecule has 0 aliphatic heterocycles. The average molecular weight is 411 g/mol. The molecule has 9 nitrogen and oxygen atoms in total. The molecule has 0 bridgehead atoms. The average Bonchev–Trinajstić information content (AvgIpc) is 3.17. The minimum Gasteiger partial charge on any atom is -0.462 e. The number of carbonyl (C=O) groups excluding carboxylic acids is 3. The largest absolute Gasteiger partial charge is 0.462 e. The molecule has 0 saturated carbocycles. The lowest BCUT2D eigenvalue weighted by atomic mass is 10.2. The summed E-state index contributed by atoms with van der Waals surface area (Å²) in [7, 11) is 0. The van der Waals surface area contributed by atoms with Crippen LogP contribution in [0.4, 0.5) is 21.2 Å². The van der Waals surface area contributed by atoms with Gasteiger partial charge in [-0.3, -0.25) is 10.1 Å². The summed E-state index contributed by atoms with van der Waals surface area (Å²) >= 11 is 0.884. The van der Waals surface area contributed by atoms with E-state index in [9.17, 15) is 14.4 Å². The highest BCUT2D eigenvalue weighted by Gasteiger charge is 2.19. The van der Waals surface area contributed by atoms with Gasteiger partial charge in [0.25, 0.3) is 5.91 Å². The molecule has 3 N–H and O–H groups in total. The lowest BCUT2D eigenvalue weighted by Gasteiger charge is -2.08. The number of para-hydroxylation sites is 1. The maximum atomic E-state index is 12.5. The summed E-state index contributed by atoms with van der Waals surface area (Å²) in [4.78, 5) is 36.3. The van der Waals surface area contributed by atoms with E-state index in [2.05, 4.69) is 25.5 Å². The fourth-order valence-electron chi connectivity index (χ4n) is 2.30. The van der Waals surface area contributed by atoms with Gasteiger partial charge in [-0.15, -0.1) is 5.10 Å². The van der Waals surface area contributed by atoms with Crippen molar-refractivity contribution in [1.29, 1.82) is 0 Å². The second-order valence-electron chi connectivity index (χ2n) is 5.65. The summed E-state index contributed by atoms with van der Waals surface area (Å²) in [5.74, 6) is -0.984. The Hall–Kier alpha value is -3.79. The first-order chi connectivity index (χ1) is 14.1. The van der Waals surface area contributed by atoms with Crippen LogP contribution in [0.5, 0.6) is 0 Å². The van der Waals surface area contributed by atoms with E-state index in [1.807, 2.05) is 6.07 Å². The predicted molar refractivity (Wildman–Crippen MR) is 109 cm³/mol. The highest BCUT2D eigenvalue weighted by Crippen LogP contribution is 2.20. The molecule has 10 heteroatoms. The molecule has 1 heterocycles. The van der Waals surface area contributed by atoms with Gasteiger partial charge in [-0.25, -0.2) is 9.59 Å². The van der Waals surface area contributed by atoms with Crippen molar-refractivity contribution in [3.8, 4) is 0 Å². The van der Waals surface area contributed by atoms with Gasteiger partial charge in [0, 0.05) is 22.9 Å². The van der Waals surface area contributed by atoms with Crippen molar-refractivity contribution >= 4 is 45.8 Å². The highest BCUT2D eigenvalue weighted by atomic mass is 32.1. The van der Waals surface area contributed by atoms with Crippen molar-refractivity contribution in [2.45, 2.75) is 6.92 Å². The zero-order chi connectivity index (χ0) is 20.6. The first kappa shape index (κ1) is 20.0. The molecule has 3 amide bonds. The number of rotatable bonds is 6. The number of urea groups is 1. The van der Waals surface area contributed by atoms with E-state index in [-0.39, 0.29) is 17.3 Å². The Kier molecular flexibility index (Phi) is 6.48. The van der Waals surface area contributed by atoms with Crippen LogP contribution in [-0.4, -0.2) is 34.1 Å². The fraction of sp³-hybridized carbons (Fsp3) is 0.105. The Labute approximate surface area is 170 Å². The SMILES string of the molecule is CCOC(=O)c1ccc(NC(=O)c2nnsc2NC(=O)Nc2ccccc2)cc1. The van der Waals surface area contributed by atoms with Crippen LogP contribution in [0.2, 0.25) is 0 Å². The van der Waals surface area contributed by atoms with Crippen molar-refractivity contribution in [2.24, 2.45) is 0 Å². The second-order valence-corrected chi connectivity index (χ2v) is 6.40. The number of esters is 1. The van der Waals surface area contributed by atoms with Gasteiger partial charge in [0.1, 0.15) is 0 Å². The third-order valence-electron chi connectivity index (χ3n) is 3.62. The van der Waals surface area contributed by atoms with Crippen LogP contribution in [-0.2, 0) is 4.74 Å². The van der Waals surface area contributed by atoms with Crippen LogP contribution in [0.15, 0.2) is 54.6 Å². The Bertz CT molecular complexity index is 1000. The smallest absolute Gasteiger partial charge is 0.338 e. The number of benzene rings is 2. The summed E-state index contributed by atoms with van der Waals surface area (Å²) in [6, 6.07) is 14.6. The molecule has 29 heavy (non-hydrogen) atoms. The van der Waals surface area contributed by atoms with Crippen LogP contribution in [0.3, 0.4) is 0 Å². The Morgan fingerprint density at radius 1 is 0.931 bits per heavy atom. The summed E-state index contributed by atoms with van der Waals surface area (Å²) in [5.41, 5.74) is 1.42. The summed E-state index contributed by atoms with van der Waals surface area (Å²) in [5, 5.41) is 11.9. The van der Waals surface area contributed by atoms with Gasteiger partial charge in [-0.05, 0) is 43.3 Å². The molecular formula is C19H17N5O4S. The standard InChI is InChI=1S/C19H17N5O4S/c1-2-28-18(26)12-8-10-14(11-9-12)20-16(25)15-17(29-24-23-15)22-19(27)21-13-6-4-3-5-7-13/h3-11H,2H2,1H3,(H,20,25)(H2,21,22,27). The van der Waals surface area contributed by atoms with Crippen molar-refractivity contribution in [3.05, 3.63) is 65.9 Å². The highest BCUT2D eigenvalue weighted by molar-refractivity contribution is 7.10. The van der Waals surface area contributed by atoms with Gasteiger partial charge < -0.3 is 15.4 Å². The molecule has 0 fully saturated rings. The van der Waals surface area contributed by atoms with Gasteiger partial charge in [0.05, 0.1) is 12.2 Å². The Morgan fingerprint density at radius 3 is 2.31 bits per heavy atom.